The Hall–Kier alpha value is -2.41. The number of amides is 1. The number of thiazole rings is 1. The second-order valence-corrected chi connectivity index (χ2v) is 5.05. The molecule has 3 heterocycles. The van der Waals surface area contributed by atoms with Gasteiger partial charge in [-0.1, -0.05) is 0 Å². The number of carbonyl (C=O) groups excluding carboxylic acids is 1. The van der Waals surface area contributed by atoms with E-state index in [4.69, 9.17) is 4.42 Å². The van der Waals surface area contributed by atoms with Crippen molar-refractivity contribution in [1.82, 2.24) is 15.2 Å². The number of H-pyrrole nitrogens is 1. The summed E-state index contributed by atoms with van der Waals surface area (Å²) in [6, 6.07) is 3.60. The minimum atomic E-state index is -0.257. The number of anilines is 1. The molecule has 3 aromatic rings. The van der Waals surface area contributed by atoms with E-state index in [1.807, 2.05) is 13.0 Å². The van der Waals surface area contributed by atoms with Crippen LogP contribution in [0, 0.1) is 6.92 Å². The fourth-order valence-corrected chi connectivity index (χ4v) is 2.50. The first-order valence-electron chi connectivity index (χ1n) is 5.55. The van der Waals surface area contributed by atoms with Crippen molar-refractivity contribution in [3.63, 3.8) is 0 Å². The van der Waals surface area contributed by atoms with Gasteiger partial charge in [0, 0.05) is 11.1 Å². The fraction of sp³-hybridized carbons (Fsp3) is 0.0833. The Balaban J connectivity index is 1.87. The quantitative estimate of drug-likeness (QED) is 0.769. The fourth-order valence-electron chi connectivity index (χ4n) is 1.62. The summed E-state index contributed by atoms with van der Waals surface area (Å²) in [7, 11) is 0. The molecule has 96 valence electrons. The largest absolute Gasteiger partial charge is 0.462 e. The van der Waals surface area contributed by atoms with E-state index in [0.29, 0.717) is 22.1 Å². The van der Waals surface area contributed by atoms with E-state index in [1.165, 1.54) is 17.5 Å². The summed E-state index contributed by atoms with van der Waals surface area (Å²) >= 11 is 1.42. The molecule has 7 heteroatoms. The normalized spacial score (nSPS) is 10.6. The minimum Gasteiger partial charge on any atom is -0.462 e. The monoisotopic (exact) mass is 274 g/mol. The average Bonchev–Trinajstić information content (AvgIpc) is 3.07. The molecule has 0 aromatic carbocycles. The van der Waals surface area contributed by atoms with Crippen molar-refractivity contribution in [3.8, 4) is 10.8 Å². The van der Waals surface area contributed by atoms with Crippen molar-refractivity contribution in [2.75, 3.05) is 5.32 Å². The summed E-state index contributed by atoms with van der Waals surface area (Å²) in [6.45, 7) is 1.86. The number of aromatic amines is 1. The summed E-state index contributed by atoms with van der Waals surface area (Å²) in [6.07, 6.45) is 4.72. The maximum Gasteiger partial charge on any atom is 0.275 e. The van der Waals surface area contributed by atoms with Crippen LogP contribution in [0.4, 0.5) is 5.69 Å². The summed E-state index contributed by atoms with van der Waals surface area (Å²) < 4.78 is 5.27. The van der Waals surface area contributed by atoms with Crippen LogP contribution in [0.5, 0.6) is 0 Å². The van der Waals surface area contributed by atoms with Crippen molar-refractivity contribution in [1.29, 1.82) is 0 Å². The predicted molar refractivity (Wildman–Crippen MR) is 71.1 cm³/mol. The highest BCUT2D eigenvalue weighted by atomic mass is 32.1. The van der Waals surface area contributed by atoms with E-state index in [-0.39, 0.29) is 5.91 Å². The SMILES string of the molecule is Cc1sc(-c2ccco2)nc1C(=O)Nc1cn[nH]c1. The molecule has 0 spiro atoms. The van der Waals surface area contributed by atoms with Gasteiger partial charge in [0.1, 0.15) is 5.69 Å². The number of aryl methyl sites for hydroxylation is 1. The summed E-state index contributed by atoms with van der Waals surface area (Å²) in [5, 5.41) is 9.81. The van der Waals surface area contributed by atoms with Gasteiger partial charge in [0.15, 0.2) is 10.8 Å². The highest BCUT2D eigenvalue weighted by Gasteiger charge is 2.17. The van der Waals surface area contributed by atoms with Crippen LogP contribution < -0.4 is 5.32 Å². The lowest BCUT2D eigenvalue weighted by atomic mass is 10.3. The first-order valence-corrected chi connectivity index (χ1v) is 6.37. The Morgan fingerprint density at radius 1 is 1.53 bits per heavy atom. The molecule has 0 radical (unpaired) electrons. The third kappa shape index (κ3) is 2.27. The molecule has 3 aromatic heterocycles. The van der Waals surface area contributed by atoms with Gasteiger partial charge in [0.05, 0.1) is 18.1 Å². The van der Waals surface area contributed by atoms with Crippen molar-refractivity contribution < 1.29 is 9.21 Å². The van der Waals surface area contributed by atoms with Crippen LogP contribution in [0.2, 0.25) is 0 Å². The van der Waals surface area contributed by atoms with Gasteiger partial charge in [-0.15, -0.1) is 11.3 Å². The molecular weight excluding hydrogens is 264 g/mol. The molecular formula is C12H10N4O2S. The lowest BCUT2D eigenvalue weighted by Crippen LogP contribution is -2.12. The minimum absolute atomic E-state index is 0.257. The molecule has 0 aliphatic carbocycles. The molecule has 0 aliphatic heterocycles. The van der Waals surface area contributed by atoms with E-state index in [0.717, 1.165) is 4.88 Å². The summed E-state index contributed by atoms with van der Waals surface area (Å²) in [4.78, 5) is 17.2. The average molecular weight is 274 g/mol. The molecule has 6 nitrogen and oxygen atoms in total. The van der Waals surface area contributed by atoms with Crippen molar-refractivity contribution in [2.45, 2.75) is 6.92 Å². The van der Waals surface area contributed by atoms with Crippen LogP contribution in [-0.4, -0.2) is 21.1 Å². The van der Waals surface area contributed by atoms with Crippen molar-refractivity contribution in [2.24, 2.45) is 0 Å². The molecule has 2 N–H and O–H groups in total. The van der Waals surface area contributed by atoms with Gasteiger partial charge in [-0.25, -0.2) is 4.98 Å². The van der Waals surface area contributed by atoms with E-state index >= 15 is 0 Å². The Morgan fingerprint density at radius 2 is 2.42 bits per heavy atom. The number of nitrogens with one attached hydrogen (secondary N) is 2. The molecule has 19 heavy (non-hydrogen) atoms. The van der Waals surface area contributed by atoms with Crippen LogP contribution in [0.1, 0.15) is 15.4 Å². The van der Waals surface area contributed by atoms with Crippen LogP contribution in [0.25, 0.3) is 10.8 Å². The Labute approximate surface area is 112 Å². The second kappa shape index (κ2) is 4.69. The molecule has 0 bridgehead atoms. The summed E-state index contributed by atoms with van der Waals surface area (Å²) in [5.74, 6) is 0.406. The molecule has 3 rings (SSSR count). The third-order valence-corrected chi connectivity index (χ3v) is 3.49. The molecule has 0 saturated heterocycles. The zero-order valence-corrected chi connectivity index (χ0v) is 10.8. The molecule has 0 atom stereocenters. The number of nitrogens with zero attached hydrogens (tertiary/aromatic N) is 2. The van der Waals surface area contributed by atoms with Gasteiger partial charge >= 0.3 is 0 Å². The van der Waals surface area contributed by atoms with Gasteiger partial charge in [-0.05, 0) is 19.1 Å². The molecule has 1 amide bonds. The highest BCUT2D eigenvalue weighted by Crippen LogP contribution is 2.28. The number of hydrogen-bond acceptors (Lipinski definition) is 5. The van der Waals surface area contributed by atoms with Crippen molar-refractivity contribution in [3.05, 3.63) is 41.4 Å². The smallest absolute Gasteiger partial charge is 0.275 e. The van der Waals surface area contributed by atoms with Gasteiger partial charge in [-0.2, -0.15) is 5.10 Å². The highest BCUT2D eigenvalue weighted by molar-refractivity contribution is 7.15. The van der Waals surface area contributed by atoms with E-state index < -0.39 is 0 Å². The first kappa shape index (κ1) is 11.7. The van der Waals surface area contributed by atoms with Crippen molar-refractivity contribution >= 4 is 22.9 Å². The van der Waals surface area contributed by atoms with Crippen LogP contribution in [0.3, 0.4) is 0 Å². The lowest BCUT2D eigenvalue weighted by molar-refractivity contribution is 0.102. The Kier molecular flexibility index (Phi) is 2.88. The summed E-state index contributed by atoms with van der Waals surface area (Å²) in [5.41, 5.74) is 1.01. The third-order valence-electron chi connectivity index (χ3n) is 2.50. The molecule has 0 saturated carbocycles. The van der Waals surface area contributed by atoms with E-state index in [9.17, 15) is 4.79 Å². The second-order valence-electron chi connectivity index (χ2n) is 3.84. The number of rotatable bonds is 3. The molecule has 0 fully saturated rings. The van der Waals surface area contributed by atoms with Gasteiger partial charge in [-0.3, -0.25) is 9.89 Å². The number of furan rings is 1. The zero-order valence-electron chi connectivity index (χ0n) is 10.0. The Bertz CT molecular complexity index is 685. The van der Waals surface area contributed by atoms with E-state index in [1.54, 1.807) is 18.5 Å². The standard InChI is InChI=1S/C12H10N4O2S/c1-7-10(11(17)15-8-5-13-14-6-8)16-12(19-7)9-3-2-4-18-9/h2-6H,1H3,(H,13,14)(H,15,17). The van der Waals surface area contributed by atoms with E-state index in [2.05, 4.69) is 20.5 Å². The predicted octanol–water partition coefficient (Wildman–Crippen LogP) is 2.69. The lowest BCUT2D eigenvalue weighted by Gasteiger charge is -1.99. The van der Waals surface area contributed by atoms with Gasteiger partial charge in [0.25, 0.3) is 5.91 Å². The van der Waals surface area contributed by atoms with Crippen LogP contribution in [0.15, 0.2) is 35.2 Å². The van der Waals surface area contributed by atoms with Crippen LogP contribution >= 0.6 is 11.3 Å². The van der Waals surface area contributed by atoms with Gasteiger partial charge < -0.3 is 9.73 Å². The Morgan fingerprint density at radius 3 is 3.11 bits per heavy atom. The topological polar surface area (TPSA) is 83.8 Å². The number of carbonyl (C=O) groups is 1. The molecule has 0 aliphatic rings. The molecule has 0 unspecified atom stereocenters. The number of hydrogen-bond donors (Lipinski definition) is 2. The van der Waals surface area contributed by atoms with Gasteiger partial charge in [0.2, 0.25) is 0 Å². The zero-order chi connectivity index (χ0) is 13.2. The van der Waals surface area contributed by atoms with Crippen LogP contribution in [-0.2, 0) is 0 Å². The number of aromatic nitrogens is 3. The maximum absolute atomic E-state index is 12.1. The maximum atomic E-state index is 12.1. The first-order chi connectivity index (χ1) is 9.24.